The van der Waals surface area contributed by atoms with Crippen molar-refractivity contribution in [3.05, 3.63) is 50.6 Å². The van der Waals surface area contributed by atoms with Gasteiger partial charge in [0.05, 0.1) is 9.23 Å². The SMILES string of the molecule is COC(CNS(=O)(=O)c1ccc(Cl)cc1)c1ccc(Cl)s1. The van der Waals surface area contributed by atoms with Crippen LogP contribution in [-0.2, 0) is 14.8 Å². The Bertz CT molecular complexity index is 698. The highest BCUT2D eigenvalue weighted by atomic mass is 35.5. The molecule has 1 aromatic carbocycles. The van der Waals surface area contributed by atoms with Crippen molar-refractivity contribution in [3.8, 4) is 0 Å². The number of hydrogen-bond donors (Lipinski definition) is 1. The van der Waals surface area contributed by atoms with Crippen molar-refractivity contribution in [1.29, 1.82) is 0 Å². The molecule has 1 atom stereocenters. The van der Waals surface area contributed by atoms with Crippen molar-refractivity contribution < 1.29 is 13.2 Å². The highest BCUT2D eigenvalue weighted by Gasteiger charge is 2.19. The molecule has 8 heteroatoms. The molecule has 0 bridgehead atoms. The number of benzene rings is 1. The highest BCUT2D eigenvalue weighted by Crippen LogP contribution is 2.28. The fraction of sp³-hybridized carbons (Fsp3) is 0.231. The zero-order valence-electron chi connectivity index (χ0n) is 11.0. The van der Waals surface area contributed by atoms with Gasteiger partial charge in [-0.15, -0.1) is 11.3 Å². The first-order valence-electron chi connectivity index (χ1n) is 5.95. The van der Waals surface area contributed by atoms with Gasteiger partial charge in [-0.25, -0.2) is 13.1 Å². The van der Waals surface area contributed by atoms with Gasteiger partial charge in [-0.1, -0.05) is 23.2 Å². The predicted molar refractivity (Wildman–Crippen MR) is 85.7 cm³/mol. The van der Waals surface area contributed by atoms with E-state index in [1.165, 1.54) is 42.7 Å². The number of thiophene rings is 1. The summed E-state index contributed by atoms with van der Waals surface area (Å²) in [5.41, 5.74) is 0. The van der Waals surface area contributed by atoms with Crippen molar-refractivity contribution in [2.75, 3.05) is 13.7 Å². The molecular weight excluding hydrogens is 353 g/mol. The Balaban J connectivity index is 2.08. The normalized spacial score (nSPS) is 13.3. The van der Waals surface area contributed by atoms with Crippen molar-refractivity contribution in [2.45, 2.75) is 11.0 Å². The Labute approximate surface area is 137 Å². The lowest BCUT2D eigenvalue weighted by atomic mass is 10.3. The fourth-order valence-corrected chi connectivity index (χ4v) is 3.98. The molecule has 0 saturated carbocycles. The standard InChI is InChI=1S/C13H13Cl2NO3S2/c1-19-11(12-6-7-13(15)20-12)8-16-21(17,18)10-4-2-9(14)3-5-10/h2-7,11,16H,8H2,1H3. The van der Waals surface area contributed by atoms with Crippen LogP contribution in [0, 0.1) is 0 Å². The molecular formula is C13H13Cl2NO3S2. The number of rotatable bonds is 6. The Morgan fingerprint density at radius 2 is 1.86 bits per heavy atom. The van der Waals surface area contributed by atoms with E-state index in [2.05, 4.69) is 4.72 Å². The van der Waals surface area contributed by atoms with Crippen LogP contribution in [-0.4, -0.2) is 22.1 Å². The monoisotopic (exact) mass is 365 g/mol. The van der Waals surface area contributed by atoms with Gasteiger partial charge in [-0.2, -0.15) is 0 Å². The summed E-state index contributed by atoms with van der Waals surface area (Å²) in [7, 11) is -2.08. The minimum absolute atomic E-state index is 0.123. The third-order valence-electron chi connectivity index (χ3n) is 2.78. The summed E-state index contributed by atoms with van der Waals surface area (Å²) in [4.78, 5) is 1.02. The average Bonchev–Trinajstić information content (AvgIpc) is 2.86. The average molecular weight is 366 g/mol. The van der Waals surface area contributed by atoms with E-state index in [1.54, 1.807) is 6.07 Å². The predicted octanol–water partition coefficient (Wildman–Crippen LogP) is 3.72. The van der Waals surface area contributed by atoms with Crippen LogP contribution in [0.3, 0.4) is 0 Å². The highest BCUT2D eigenvalue weighted by molar-refractivity contribution is 7.89. The summed E-state index contributed by atoms with van der Waals surface area (Å²) in [6.45, 7) is 0.123. The topological polar surface area (TPSA) is 55.4 Å². The lowest BCUT2D eigenvalue weighted by Crippen LogP contribution is -2.29. The van der Waals surface area contributed by atoms with E-state index in [1.807, 2.05) is 6.07 Å². The first-order chi connectivity index (χ1) is 9.92. The molecule has 2 aromatic rings. The molecule has 0 aliphatic carbocycles. The van der Waals surface area contributed by atoms with E-state index < -0.39 is 10.0 Å². The van der Waals surface area contributed by atoms with Gasteiger partial charge in [0.15, 0.2) is 0 Å². The van der Waals surface area contributed by atoms with E-state index in [0.29, 0.717) is 9.36 Å². The van der Waals surface area contributed by atoms with Crippen molar-refractivity contribution in [2.24, 2.45) is 0 Å². The molecule has 0 aliphatic rings. The van der Waals surface area contributed by atoms with Gasteiger partial charge >= 0.3 is 0 Å². The molecule has 0 radical (unpaired) electrons. The summed E-state index contributed by atoms with van der Waals surface area (Å²) in [5.74, 6) is 0. The lowest BCUT2D eigenvalue weighted by Gasteiger charge is -2.14. The largest absolute Gasteiger partial charge is 0.375 e. The molecule has 1 unspecified atom stereocenters. The van der Waals surface area contributed by atoms with Crippen molar-refractivity contribution in [1.82, 2.24) is 4.72 Å². The first kappa shape index (κ1) is 16.7. The van der Waals surface area contributed by atoms with Crippen LogP contribution in [0.15, 0.2) is 41.3 Å². The Hall–Kier alpha value is -0.630. The molecule has 2 rings (SSSR count). The molecule has 0 aliphatic heterocycles. The van der Waals surface area contributed by atoms with Gasteiger partial charge in [0.25, 0.3) is 0 Å². The Morgan fingerprint density at radius 1 is 1.19 bits per heavy atom. The summed E-state index contributed by atoms with van der Waals surface area (Å²) in [6, 6.07) is 9.54. The maximum Gasteiger partial charge on any atom is 0.240 e. The van der Waals surface area contributed by atoms with Gasteiger partial charge in [0, 0.05) is 23.6 Å². The van der Waals surface area contributed by atoms with Gasteiger partial charge in [-0.05, 0) is 36.4 Å². The molecule has 0 spiro atoms. The van der Waals surface area contributed by atoms with E-state index in [-0.39, 0.29) is 17.5 Å². The fourth-order valence-electron chi connectivity index (χ4n) is 1.68. The van der Waals surface area contributed by atoms with E-state index in [9.17, 15) is 8.42 Å². The molecule has 1 N–H and O–H groups in total. The minimum Gasteiger partial charge on any atom is -0.375 e. The number of methoxy groups -OCH3 is 1. The molecule has 0 saturated heterocycles. The van der Waals surface area contributed by atoms with Gasteiger partial charge < -0.3 is 4.74 Å². The van der Waals surface area contributed by atoms with Crippen LogP contribution in [0.1, 0.15) is 11.0 Å². The van der Waals surface area contributed by atoms with Crippen LogP contribution < -0.4 is 4.72 Å². The van der Waals surface area contributed by atoms with E-state index in [0.717, 1.165) is 4.88 Å². The van der Waals surface area contributed by atoms with Crippen LogP contribution in [0.25, 0.3) is 0 Å². The quantitative estimate of drug-likeness (QED) is 0.848. The van der Waals surface area contributed by atoms with Gasteiger partial charge in [-0.3, -0.25) is 0 Å². The molecule has 21 heavy (non-hydrogen) atoms. The van der Waals surface area contributed by atoms with E-state index in [4.69, 9.17) is 27.9 Å². The second-order valence-electron chi connectivity index (χ2n) is 4.17. The zero-order chi connectivity index (χ0) is 15.5. The minimum atomic E-state index is -3.60. The smallest absolute Gasteiger partial charge is 0.240 e. The first-order valence-corrected chi connectivity index (χ1v) is 9.01. The third kappa shape index (κ3) is 4.42. The molecule has 0 fully saturated rings. The molecule has 4 nitrogen and oxygen atoms in total. The summed E-state index contributed by atoms with van der Waals surface area (Å²) < 4.78 is 32.8. The van der Waals surface area contributed by atoms with E-state index >= 15 is 0 Å². The zero-order valence-corrected chi connectivity index (χ0v) is 14.2. The maximum atomic E-state index is 12.2. The van der Waals surface area contributed by atoms with Crippen molar-refractivity contribution in [3.63, 3.8) is 0 Å². The summed E-state index contributed by atoms with van der Waals surface area (Å²) in [6.07, 6.45) is -0.385. The lowest BCUT2D eigenvalue weighted by molar-refractivity contribution is 0.110. The second-order valence-corrected chi connectivity index (χ2v) is 8.12. The summed E-state index contributed by atoms with van der Waals surface area (Å²) >= 11 is 13.0. The van der Waals surface area contributed by atoms with Gasteiger partial charge in [0.1, 0.15) is 6.10 Å². The Kier molecular flexibility index (Phi) is 5.65. The van der Waals surface area contributed by atoms with Crippen molar-refractivity contribution >= 4 is 44.6 Å². The van der Waals surface area contributed by atoms with Crippen LogP contribution in [0.5, 0.6) is 0 Å². The summed E-state index contributed by atoms with van der Waals surface area (Å²) in [5, 5.41) is 0.483. The number of sulfonamides is 1. The Morgan fingerprint density at radius 3 is 2.38 bits per heavy atom. The maximum absolute atomic E-state index is 12.2. The number of ether oxygens (including phenoxy) is 1. The second kappa shape index (κ2) is 7.09. The number of halogens is 2. The molecule has 1 heterocycles. The number of nitrogens with one attached hydrogen (secondary N) is 1. The van der Waals surface area contributed by atoms with Crippen LogP contribution in [0.2, 0.25) is 9.36 Å². The molecule has 114 valence electrons. The number of hydrogen-bond acceptors (Lipinski definition) is 4. The molecule has 1 aromatic heterocycles. The third-order valence-corrected chi connectivity index (χ3v) is 5.79. The van der Waals surface area contributed by atoms with Gasteiger partial charge in [0.2, 0.25) is 10.0 Å². The van der Waals surface area contributed by atoms with Crippen LogP contribution in [0.4, 0.5) is 0 Å². The van der Waals surface area contributed by atoms with Crippen LogP contribution >= 0.6 is 34.5 Å². The molecule has 0 amide bonds.